The fourth-order valence-electron chi connectivity index (χ4n) is 2.23. The van der Waals surface area contributed by atoms with Gasteiger partial charge in [0.15, 0.2) is 10.8 Å². The van der Waals surface area contributed by atoms with Crippen molar-refractivity contribution in [2.75, 3.05) is 5.32 Å². The van der Waals surface area contributed by atoms with Gasteiger partial charge in [-0.05, 0) is 25.0 Å². The van der Waals surface area contributed by atoms with E-state index in [9.17, 15) is 4.79 Å². The van der Waals surface area contributed by atoms with Crippen molar-refractivity contribution in [3.05, 3.63) is 18.4 Å². The highest BCUT2D eigenvalue weighted by atomic mass is 35.5. The first kappa shape index (κ1) is 15.0. The van der Waals surface area contributed by atoms with Gasteiger partial charge in [0.05, 0.1) is 11.8 Å². The van der Waals surface area contributed by atoms with Gasteiger partial charge in [0.1, 0.15) is 0 Å². The fourth-order valence-corrected chi connectivity index (χ4v) is 2.94. The summed E-state index contributed by atoms with van der Waals surface area (Å²) < 4.78 is 5.23. The Kier molecular flexibility index (Phi) is 4.42. The highest BCUT2D eigenvalue weighted by Crippen LogP contribution is 2.30. The molecule has 0 spiro atoms. The molecule has 8 heteroatoms. The molecular weight excluding hydrogens is 300 g/mol. The van der Waals surface area contributed by atoms with Crippen molar-refractivity contribution in [1.29, 1.82) is 0 Å². The van der Waals surface area contributed by atoms with Crippen LogP contribution in [0.1, 0.15) is 25.7 Å². The van der Waals surface area contributed by atoms with Gasteiger partial charge >= 0.3 is 0 Å². The third kappa shape index (κ3) is 2.84. The molecule has 2 heterocycles. The zero-order valence-electron chi connectivity index (χ0n) is 10.7. The maximum atomic E-state index is 12.1. The number of nitrogens with one attached hydrogen (secondary N) is 1. The summed E-state index contributed by atoms with van der Waals surface area (Å²) in [4.78, 5) is 12.1. The summed E-state index contributed by atoms with van der Waals surface area (Å²) in [5.74, 6) is 0.466. The topological polar surface area (TPSA) is 94.0 Å². The Bertz CT molecular complexity index is 578. The second kappa shape index (κ2) is 5.90. The van der Waals surface area contributed by atoms with E-state index in [2.05, 4.69) is 15.5 Å². The van der Waals surface area contributed by atoms with Crippen molar-refractivity contribution >= 4 is 34.8 Å². The minimum Gasteiger partial charge on any atom is -0.462 e. The van der Waals surface area contributed by atoms with Gasteiger partial charge in [0.2, 0.25) is 11.0 Å². The molecular formula is C12H15ClN4O2S. The number of aromatic nitrogens is 2. The number of amides is 1. The molecule has 3 rings (SSSR count). The average Bonchev–Trinajstić information content (AvgIpc) is 3.08. The van der Waals surface area contributed by atoms with Crippen LogP contribution in [0.15, 0.2) is 22.8 Å². The second-order valence-electron chi connectivity index (χ2n) is 4.71. The van der Waals surface area contributed by atoms with Crippen molar-refractivity contribution in [2.24, 2.45) is 5.73 Å². The Labute approximate surface area is 126 Å². The number of nitrogens with two attached hydrogens (primary N) is 1. The minimum absolute atomic E-state index is 0. The number of furan rings is 1. The number of carbonyl (C=O) groups is 1. The Morgan fingerprint density at radius 2 is 2.15 bits per heavy atom. The van der Waals surface area contributed by atoms with Gasteiger partial charge in [-0.1, -0.05) is 24.2 Å². The molecule has 0 bridgehead atoms. The molecule has 6 nitrogen and oxygen atoms in total. The molecule has 0 atom stereocenters. The molecule has 2 aromatic rings. The molecule has 0 radical (unpaired) electrons. The molecule has 0 unspecified atom stereocenters. The van der Waals surface area contributed by atoms with Gasteiger partial charge in [0, 0.05) is 0 Å². The van der Waals surface area contributed by atoms with E-state index in [4.69, 9.17) is 10.2 Å². The van der Waals surface area contributed by atoms with E-state index < -0.39 is 5.54 Å². The second-order valence-corrected chi connectivity index (χ2v) is 5.68. The highest BCUT2D eigenvalue weighted by Gasteiger charge is 2.37. The molecule has 0 aromatic carbocycles. The predicted octanol–water partition coefficient (Wildman–Crippen LogP) is 2.43. The van der Waals surface area contributed by atoms with Crippen LogP contribution in [0.25, 0.3) is 10.8 Å². The number of nitrogens with zero attached hydrogens (tertiary/aromatic N) is 2. The van der Waals surface area contributed by atoms with E-state index in [1.807, 2.05) is 0 Å². The lowest BCUT2D eigenvalue weighted by molar-refractivity contribution is -0.121. The number of anilines is 1. The van der Waals surface area contributed by atoms with Crippen molar-refractivity contribution < 1.29 is 9.21 Å². The molecule has 108 valence electrons. The quantitative estimate of drug-likeness (QED) is 0.907. The van der Waals surface area contributed by atoms with Crippen molar-refractivity contribution in [3.8, 4) is 10.8 Å². The van der Waals surface area contributed by atoms with Crippen LogP contribution in [-0.2, 0) is 4.79 Å². The van der Waals surface area contributed by atoms with Crippen LogP contribution in [0.4, 0.5) is 5.13 Å². The smallest absolute Gasteiger partial charge is 0.246 e. The van der Waals surface area contributed by atoms with Gasteiger partial charge in [-0.15, -0.1) is 22.6 Å². The molecule has 20 heavy (non-hydrogen) atoms. The van der Waals surface area contributed by atoms with Gasteiger partial charge in [0.25, 0.3) is 0 Å². The van der Waals surface area contributed by atoms with Gasteiger partial charge in [-0.2, -0.15) is 0 Å². The highest BCUT2D eigenvalue weighted by molar-refractivity contribution is 7.18. The van der Waals surface area contributed by atoms with Gasteiger partial charge < -0.3 is 10.2 Å². The lowest BCUT2D eigenvalue weighted by Gasteiger charge is -2.20. The zero-order valence-corrected chi connectivity index (χ0v) is 12.3. The summed E-state index contributed by atoms with van der Waals surface area (Å²) in [6.45, 7) is 0. The molecule has 1 saturated carbocycles. The van der Waals surface area contributed by atoms with Gasteiger partial charge in [-0.25, -0.2) is 0 Å². The first-order valence-electron chi connectivity index (χ1n) is 6.15. The Hall–Kier alpha value is -1.44. The minimum atomic E-state index is -0.753. The lowest BCUT2D eigenvalue weighted by Crippen LogP contribution is -2.48. The van der Waals surface area contributed by atoms with E-state index in [0.717, 1.165) is 25.7 Å². The zero-order chi connectivity index (χ0) is 13.3. The molecule has 1 amide bonds. The SMILES string of the molecule is Cl.NC1(C(=O)Nc2nnc(-c3ccco3)s2)CCCC1. The summed E-state index contributed by atoms with van der Waals surface area (Å²) in [5, 5.41) is 11.8. The number of hydrogen-bond donors (Lipinski definition) is 2. The van der Waals surface area contributed by atoms with Crippen LogP contribution >= 0.6 is 23.7 Å². The average molecular weight is 315 g/mol. The maximum absolute atomic E-state index is 12.1. The summed E-state index contributed by atoms with van der Waals surface area (Å²) in [6, 6.07) is 3.58. The molecule has 3 N–H and O–H groups in total. The number of halogens is 1. The van der Waals surface area contributed by atoms with Crippen LogP contribution < -0.4 is 11.1 Å². The van der Waals surface area contributed by atoms with E-state index in [0.29, 0.717) is 15.9 Å². The summed E-state index contributed by atoms with van der Waals surface area (Å²) >= 11 is 1.27. The number of hydrogen-bond acceptors (Lipinski definition) is 6. The van der Waals surface area contributed by atoms with Crippen molar-refractivity contribution in [3.63, 3.8) is 0 Å². The number of carbonyl (C=O) groups excluding carboxylic acids is 1. The molecule has 2 aromatic heterocycles. The van der Waals surface area contributed by atoms with E-state index in [1.54, 1.807) is 18.4 Å². The maximum Gasteiger partial charge on any atom is 0.246 e. The van der Waals surface area contributed by atoms with E-state index >= 15 is 0 Å². The monoisotopic (exact) mass is 314 g/mol. The first-order chi connectivity index (χ1) is 9.17. The van der Waals surface area contributed by atoms with Crippen molar-refractivity contribution in [1.82, 2.24) is 10.2 Å². The molecule has 0 saturated heterocycles. The standard InChI is InChI=1S/C12H14N4O2S.ClH/c13-12(5-1-2-6-12)10(17)14-11-16-15-9(19-11)8-4-3-7-18-8;/h3-4,7H,1-2,5-6,13H2,(H,14,16,17);1H. The first-order valence-corrected chi connectivity index (χ1v) is 6.97. The van der Waals surface area contributed by atoms with Crippen LogP contribution in [0.3, 0.4) is 0 Å². The summed E-state index contributed by atoms with van der Waals surface area (Å²) in [5.41, 5.74) is 5.32. The molecule has 1 fully saturated rings. The van der Waals surface area contributed by atoms with E-state index in [1.165, 1.54) is 11.3 Å². The van der Waals surface area contributed by atoms with Gasteiger partial charge in [-0.3, -0.25) is 10.1 Å². The molecule has 1 aliphatic carbocycles. The predicted molar refractivity (Wildman–Crippen MR) is 78.9 cm³/mol. The third-order valence-electron chi connectivity index (χ3n) is 3.33. The molecule has 0 aliphatic heterocycles. The summed E-state index contributed by atoms with van der Waals surface area (Å²) in [7, 11) is 0. The van der Waals surface area contributed by atoms with E-state index in [-0.39, 0.29) is 18.3 Å². The van der Waals surface area contributed by atoms with Crippen LogP contribution in [0.5, 0.6) is 0 Å². The Morgan fingerprint density at radius 3 is 2.80 bits per heavy atom. The normalized spacial score (nSPS) is 16.6. The summed E-state index contributed by atoms with van der Waals surface area (Å²) in [6.07, 6.45) is 5.02. The third-order valence-corrected chi connectivity index (χ3v) is 4.18. The molecule has 1 aliphatic rings. The fraction of sp³-hybridized carbons (Fsp3) is 0.417. The number of rotatable bonds is 3. The largest absolute Gasteiger partial charge is 0.462 e. The Balaban J connectivity index is 0.00000147. The Morgan fingerprint density at radius 1 is 1.40 bits per heavy atom. The van der Waals surface area contributed by atoms with Crippen molar-refractivity contribution in [2.45, 2.75) is 31.2 Å². The van der Waals surface area contributed by atoms with Crippen LogP contribution in [-0.4, -0.2) is 21.6 Å². The van der Waals surface area contributed by atoms with Crippen LogP contribution in [0, 0.1) is 0 Å². The lowest BCUT2D eigenvalue weighted by atomic mass is 9.98. The van der Waals surface area contributed by atoms with Crippen LogP contribution in [0.2, 0.25) is 0 Å².